The Morgan fingerprint density at radius 2 is 1.71 bits per heavy atom. The minimum atomic E-state index is -4.86. The molecular formula is C27H26F4N2O5. The van der Waals surface area contributed by atoms with Gasteiger partial charge in [-0.05, 0) is 68.1 Å². The zero-order valence-electron chi connectivity index (χ0n) is 20.3. The fraction of sp³-hybridized carbons (Fsp3) is 0.444. The topological polar surface area (TPSA) is 87.2 Å². The first-order chi connectivity index (χ1) is 18.0. The van der Waals surface area contributed by atoms with E-state index in [9.17, 15) is 31.9 Å². The van der Waals surface area contributed by atoms with Crippen LogP contribution in [0.15, 0.2) is 42.5 Å². The maximum absolute atomic E-state index is 14.6. The van der Waals surface area contributed by atoms with E-state index < -0.39 is 35.8 Å². The average molecular weight is 535 g/mol. The molecule has 3 aliphatic rings. The summed E-state index contributed by atoms with van der Waals surface area (Å²) in [5.74, 6) is -3.00. The molecule has 202 valence electrons. The van der Waals surface area contributed by atoms with Crippen LogP contribution >= 0.6 is 0 Å². The number of hydrogen-bond donors (Lipinski definition) is 1. The standard InChI is InChI=1S/C27H26F4N2O5/c28-16-6-11-22-20(14-16)25(32(17-7-8-17)23(34)12-13-24(35)36)19-2-1-3-21(19)33(22)26(37)15-4-9-18(10-5-15)38-27(29,30)31/h4-6,9-11,14,17,19,21,25H,1-3,7-8,12-13H2,(H,35,36)/t19-,21+,25-/m1/s1. The van der Waals surface area contributed by atoms with Crippen LogP contribution in [0.4, 0.5) is 23.2 Å². The van der Waals surface area contributed by atoms with Gasteiger partial charge in [0.1, 0.15) is 11.6 Å². The van der Waals surface area contributed by atoms with Gasteiger partial charge in [0.25, 0.3) is 5.91 Å². The molecule has 11 heteroatoms. The number of carbonyl (C=O) groups is 3. The highest BCUT2D eigenvalue weighted by Gasteiger charge is 2.51. The van der Waals surface area contributed by atoms with Crippen LogP contribution in [0, 0.1) is 11.7 Å². The van der Waals surface area contributed by atoms with Crippen LogP contribution in [0.3, 0.4) is 0 Å². The molecule has 2 aromatic carbocycles. The molecule has 1 N–H and O–H groups in total. The summed E-state index contributed by atoms with van der Waals surface area (Å²) in [5, 5.41) is 9.10. The third kappa shape index (κ3) is 5.19. The number of amides is 2. The lowest BCUT2D eigenvalue weighted by Gasteiger charge is -2.48. The second-order valence-electron chi connectivity index (χ2n) is 9.98. The number of halogens is 4. The van der Waals surface area contributed by atoms with Crippen molar-refractivity contribution in [3.63, 3.8) is 0 Å². The lowest BCUT2D eigenvalue weighted by Crippen LogP contribution is -2.53. The zero-order valence-corrected chi connectivity index (χ0v) is 20.3. The molecule has 0 saturated heterocycles. The molecule has 38 heavy (non-hydrogen) atoms. The molecule has 0 radical (unpaired) electrons. The Kier molecular flexibility index (Phi) is 6.79. The van der Waals surface area contributed by atoms with Gasteiger partial charge in [0, 0.05) is 41.2 Å². The van der Waals surface area contributed by atoms with Crippen LogP contribution in [0.25, 0.3) is 0 Å². The number of carboxylic acids is 1. The lowest BCUT2D eigenvalue weighted by atomic mass is 9.81. The van der Waals surface area contributed by atoms with Gasteiger partial charge < -0.3 is 19.6 Å². The van der Waals surface area contributed by atoms with Gasteiger partial charge in [-0.1, -0.05) is 6.42 Å². The first-order valence-electron chi connectivity index (χ1n) is 12.6. The molecule has 2 saturated carbocycles. The number of aliphatic carboxylic acids is 1. The number of rotatable bonds is 7. The van der Waals surface area contributed by atoms with Crippen molar-refractivity contribution in [1.29, 1.82) is 0 Å². The largest absolute Gasteiger partial charge is 0.573 e. The third-order valence-corrected chi connectivity index (χ3v) is 7.47. The van der Waals surface area contributed by atoms with E-state index in [-0.39, 0.29) is 42.3 Å². The van der Waals surface area contributed by atoms with E-state index in [0.717, 1.165) is 31.4 Å². The minimum Gasteiger partial charge on any atom is -0.481 e. The molecule has 2 amide bonds. The van der Waals surface area contributed by atoms with Crippen molar-refractivity contribution in [3.8, 4) is 5.75 Å². The van der Waals surface area contributed by atoms with Gasteiger partial charge in [-0.15, -0.1) is 13.2 Å². The molecule has 2 aliphatic carbocycles. The molecule has 2 fully saturated rings. The van der Waals surface area contributed by atoms with Gasteiger partial charge in [-0.2, -0.15) is 0 Å². The summed E-state index contributed by atoms with van der Waals surface area (Å²) in [4.78, 5) is 41.4. The number of anilines is 1. The van der Waals surface area contributed by atoms with Gasteiger partial charge in [-0.3, -0.25) is 14.4 Å². The van der Waals surface area contributed by atoms with E-state index in [1.165, 1.54) is 30.3 Å². The smallest absolute Gasteiger partial charge is 0.481 e. The Labute approximate surface area is 216 Å². The van der Waals surface area contributed by atoms with Crippen LogP contribution in [-0.4, -0.2) is 46.2 Å². The Hall–Kier alpha value is -3.63. The number of alkyl halides is 3. The lowest BCUT2D eigenvalue weighted by molar-refractivity contribution is -0.274. The van der Waals surface area contributed by atoms with Gasteiger partial charge in [-0.25, -0.2) is 4.39 Å². The van der Waals surface area contributed by atoms with Gasteiger partial charge >= 0.3 is 12.3 Å². The molecule has 3 atom stereocenters. The van der Waals surface area contributed by atoms with Crippen LogP contribution in [-0.2, 0) is 9.59 Å². The van der Waals surface area contributed by atoms with Crippen molar-refractivity contribution in [2.24, 2.45) is 5.92 Å². The maximum Gasteiger partial charge on any atom is 0.573 e. The fourth-order valence-corrected chi connectivity index (χ4v) is 5.88. The van der Waals surface area contributed by atoms with E-state index in [1.807, 2.05) is 0 Å². The average Bonchev–Trinajstić information content (AvgIpc) is 3.57. The summed E-state index contributed by atoms with van der Waals surface area (Å²) in [6, 6.07) is 7.83. The van der Waals surface area contributed by atoms with Crippen LogP contribution in [0.1, 0.15) is 66.9 Å². The molecule has 1 aliphatic heterocycles. The summed E-state index contributed by atoms with van der Waals surface area (Å²) in [5.41, 5.74) is 1.07. The second-order valence-corrected chi connectivity index (χ2v) is 9.98. The van der Waals surface area contributed by atoms with Gasteiger partial charge in [0.15, 0.2) is 0 Å². The molecular weight excluding hydrogens is 508 g/mol. The molecule has 0 spiro atoms. The molecule has 0 aromatic heterocycles. The van der Waals surface area contributed by atoms with Gasteiger partial charge in [0.05, 0.1) is 12.5 Å². The molecule has 0 bridgehead atoms. The molecule has 5 rings (SSSR count). The van der Waals surface area contributed by atoms with E-state index >= 15 is 0 Å². The number of fused-ring (bicyclic) bond motifs is 2. The number of nitrogens with zero attached hydrogens (tertiary/aromatic N) is 2. The maximum atomic E-state index is 14.6. The molecule has 7 nitrogen and oxygen atoms in total. The summed E-state index contributed by atoms with van der Waals surface area (Å²) in [6.45, 7) is 0. The highest BCUT2D eigenvalue weighted by Crippen LogP contribution is 2.53. The summed E-state index contributed by atoms with van der Waals surface area (Å²) < 4.78 is 56.2. The summed E-state index contributed by atoms with van der Waals surface area (Å²) in [6.07, 6.45) is -1.70. The Bertz CT molecular complexity index is 1250. The fourth-order valence-electron chi connectivity index (χ4n) is 5.88. The minimum absolute atomic E-state index is 0.0675. The van der Waals surface area contributed by atoms with Crippen LogP contribution in [0.5, 0.6) is 5.75 Å². The Morgan fingerprint density at radius 3 is 2.34 bits per heavy atom. The summed E-state index contributed by atoms with van der Waals surface area (Å²) in [7, 11) is 0. The van der Waals surface area contributed by atoms with Crippen LogP contribution < -0.4 is 9.64 Å². The second kappa shape index (κ2) is 9.92. The quantitative estimate of drug-likeness (QED) is 0.478. The normalized spacial score (nSPS) is 22.4. The highest BCUT2D eigenvalue weighted by molar-refractivity contribution is 6.07. The third-order valence-electron chi connectivity index (χ3n) is 7.47. The Morgan fingerprint density at radius 1 is 1.00 bits per heavy atom. The van der Waals surface area contributed by atoms with E-state index in [0.29, 0.717) is 24.1 Å². The van der Waals surface area contributed by atoms with Crippen molar-refractivity contribution in [2.45, 2.75) is 69.4 Å². The van der Waals surface area contributed by atoms with E-state index in [2.05, 4.69) is 4.74 Å². The predicted molar refractivity (Wildman–Crippen MR) is 127 cm³/mol. The molecule has 0 unspecified atom stereocenters. The van der Waals surface area contributed by atoms with Crippen molar-refractivity contribution in [3.05, 3.63) is 59.4 Å². The SMILES string of the molecule is O=C(O)CCC(=O)N(C1CC1)[C@H]1c2cc(F)ccc2N(C(=O)c2ccc(OC(F)(F)F)cc2)[C@H]2CCC[C@H]21. The van der Waals surface area contributed by atoms with Crippen LogP contribution in [0.2, 0.25) is 0 Å². The first-order valence-corrected chi connectivity index (χ1v) is 12.6. The van der Waals surface area contributed by atoms with E-state index in [1.54, 1.807) is 9.80 Å². The van der Waals surface area contributed by atoms with Gasteiger partial charge in [0.2, 0.25) is 5.91 Å². The zero-order chi connectivity index (χ0) is 27.2. The Balaban J connectivity index is 1.52. The number of ether oxygens (including phenoxy) is 1. The molecule has 1 heterocycles. The highest BCUT2D eigenvalue weighted by atomic mass is 19.4. The predicted octanol–water partition coefficient (Wildman–Crippen LogP) is 5.45. The summed E-state index contributed by atoms with van der Waals surface area (Å²) >= 11 is 0. The number of hydrogen-bond acceptors (Lipinski definition) is 4. The van der Waals surface area contributed by atoms with Crippen molar-refractivity contribution < 1.29 is 41.8 Å². The monoisotopic (exact) mass is 534 g/mol. The molecule has 2 aromatic rings. The van der Waals surface area contributed by atoms with Crippen molar-refractivity contribution in [2.75, 3.05) is 4.90 Å². The number of carboxylic acid groups (broad SMARTS) is 1. The number of carbonyl (C=O) groups excluding carboxylic acids is 2. The first kappa shape index (κ1) is 26.0. The van der Waals surface area contributed by atoms with Crippen molar-refractivity contribution in [1.82, 2.24) is 4.90 Å². The van der Waals surface area contributed by atoms with E-state index in [4.69, 9.17) is 5.11 Å². The van der Waals surface area contributed by atoms with Crippen molar-refractivity contribution >= 4 is 23.5 Å². The number of benzene rings is 2.